The predicted molar refractivity (Wildman–Crippen MR) is 69.3 cm³/mol. The van der Waals surface area contributed by atoms with Gasteiger partial charge in [0.1, 0.15) is 0 Å². The second-order valence-corrected chi connectivity index (χ2v) is 5.49. The molecule has 17 heavy (non-hydrogen) atoms. The first-order valence-corrected chi connectivity index (χ1v) is 6.47. The Bertz CT molecular complexity index is 428. The van der Waals surface area contributed by atoms with Gasteiger partial charge < -0.3 is 9.88 Å². The molecule has 0 aliphatic heterocycles. The quantitative estimate of drug-likeness (QED) is 0.854. The molecular formula is C14H22N2O. The van der Waals surface area contributed by atoms with Crippen molar-refractivity contribution in [2.24, 2.45) is 5.92 Å². The summed E-state index contributed by atoms with van der Waals surface area (Å²) in [6.45, 7) is 9.09. The Morgan fingerprint density at radius 2 is 2.12 bits per heavy atom. The van der Waals surface area contributed by atoms with Gasteiger partial charge in [-0.1, -0.05) is 13.8 Å². The van der Waals surface area contributed by atoms with Crippen molar-refractivity contribution in [1.29, 1.82) is 0 Å². The molecule has 0 saturated heterocycles. The lowest BCUT2D eigenvalue weighted by atomic mass is 10.2. The van der Waals surface area contributed by atoms with Crippen LogP contribution in [0, 0.1) is 19.8 Å². The average Bonchev–Trinajstić information content (AvgIpc) is 3.03. The van der Waals surface area contributed by atoms with Crippen LogP contribution < -0.4 is 5.32 Å². The van der Waals surface area contributed by atoms with Gasteiger partial charge >= 0.3 is 0 Å². The minimum absolute atomic E-state index is 0.0682. The van der Waals surface area contributed by atoms with Crippen molar-refractivity contribution >= 4 is 5.91 Å². The molecule has 1 amide bonds. The third-order valence-electron chi connectivity index (χ3n) is 3.31. The van der Waals surface area contributed by atoms with E-state index in [1.807, 2.05) is 6.07 Å². The number of amides is 1. The minimum atomic E-state index is 0.0682. The van der Waals surface area contributed by atoms with Crippen LogP contribution >= 0.6 is 0 Å². The summed E-state index contributed by atoms with van der Waals surface area (Å²) in [6.07, 6.45) is 2.51. The van der Waals surface area contributed by atoms with Crippen LogP contribution in [0.4, 0.5) is 0 Å². The summed E-state index contributed by atoms with van der Waals surface area (Å²) >= 11 is 0. The first-order valence-electron chi connectivity index (χ1n) is 6.47. The minimum Gasteiger partial charge on any atom is -0.352 e. The number of nitrogens with one attached hydrogen (secondary N) is 1. The zero-order valence-corrected chi connectivity index (χ0v) is 11.2. The molecule has 1 aromatic rings. The highest BCUT2D eigenvalue weighted by Crippen LogP contribution is 2.38. The van der Waals surface area contributed by atoms with Gasteiger partial charge in [0.15, 0.2) is 0 Å². The van der Waals surface area contributed by atoms with Crippen LogP contribution in [0.1, 0.15) is 54.5 Å². The zero-order chi connectivity index (χ0) is 12.6. The molecule has 1 aliphatic rings. The lowest BCUT2D eigenvalue weighted by Gasteiger charge is -2.09. The van der Waals surface area contributed by atoms with Crippen LogP contribution in [0.5, 0.6) is 0 Å². The number of hydrogen-bond donors (Lipinski definition) is 1. The molecule has 1 saturated carbocycles. The van der Waals surface area contributed by atoms with Crippen LogP contribution in [0.25, 0.3) is 0 Å². The van der Waals surface area contributed by atoms with E-state index < -0.39 is 0 Å². The van der Waals surface area contributed by atoms with Gasteiger partial charge in [-0.15, -0.1) is 0 Å². The molecule has 1 aliphatic carbocycles. The molecule has 1 fully saturated rings. The van der Waals surface area contributed by atoms with Crippen LogP contribution in [0.2, 0.25) is 0 Å². The van der Waals surface area contributed by atoms with Crippen molar-refractivity contribution in [2.45, 2.75) is 46.6 Å². The van der Waals surface area contributed by atoms with Gasteiger partial charge in [0, 0.05) is 24.0 Å². The summed E-state index contributed by atoms with van der Waals surface area (Å²) in [5, 5.41) is 2.99. The lowest BCUT2D eigenvalue weighted by Crippen LogP contribution is -2.27. The Hall–Kier alpha value is -1.25. The van der Waals surface area contributed by atoms with Crippen LogP contribution in [-0.4, -0.2) is 17.0 Å². The van der Waals surface area contributed by atoms with Gasteiger partial charge in [0.05, 0.1) is 5.56 Å². The first-order chi connectivity index (χ1) is 8.00. The second kappa shape index (κ2) is 4.55. The summed E-state index contributed by atoms with van der Waals surface area (Å²) in [6, 6.07) is 2.66. The van der Waals surface area contributed by atoms with Crippen molar-refractivity contribution < 1.29 is 4.79 Å². The highest BCUT2D eigenvalue weighted by Gasteiger charge is 2.28. The summed E-state index contributed by atoms with van der Waals surface area (Å²) in [5.41, 5.74) is 3.17. The van der Waals surface area contributed by atoms with E-state index in [-0.39, 0.29) is 5.91 Å². The summed E-state index contributed by atoms with van der Waals surface area (Å²) in [7, 11) is 0. The van der Waals surface area contributed by atoms with Crippen molar-refractivity contribution in [3.8, 4) is 0 Å². The number of hydrogen-bond acceptors (Lipinski definition) is 1. The third kappa shape index (κ3) is 2.54. The molecule has 0 spiro atoms. The fraction of sp³-hybridized carbons (Fsp3) is 0.643. The summed E-state index contributed by atoms with van der Waals surface area (Å²) in [5.74, 6) is 0.560. The van der Waals surface area contributed by atoms with Crippen LogP contribution in [-0.2, 0) is 0 Å². The molecule has 1 N–H and O–H groups in total. The lowest BCUT2D eigenvalue weighted by molar-refractivity contribution is 0.0948. The molecule has 0 aromatic carbocycles. The number of rotatable bonds is 4. The Kier molecular flexibility index (Phi) is 3.27. The molecule has 2 rings (SSSR count). The first kappa shape index (κ1) is 12.2. The van der Waals surface area contributed by atoms with Gasteiger partial charge in [0.2, 0.25) is 0 Å². The van der Waals surface area contributed by atoms with E-state index in [0.29, 0.717) is 12.0 Å². The largest absolute Gasteiger partial charge is 0.352 e. The maximum Gasteiger partial charge on any atom is 0.253 e. The molecule has 1 aromatic heterocycles. The molecule has 1 heterocycles. The van der Waals surface area contributed by atoms with E-state index in [0.717, 1.165) is 17.8 Å². The van der Waals surface area contributed by atoms with Crippen LogP contribution in [0.15, 0.2) is 6.07 Å². The highest BCUT2D eigenvalue weighted by molar-refractivity contribution is 5.95. The highest BCUT2D eigenvalue weighted by atomic mass is 16.1. The average molecular weight is 234 g/mol. The monoisotopic (exact) mass is 234 g/mol. The smallest absolute Gasteiger partial charge is 0.253 e. The normalized spacial score (nSPS) is 15.4. The van der Waals surface area contributed by atoms with E-state index in [1.165, 1.54) is 18.5 Å². The molecular weight excluding hydrogens is 212 g/mol. The molecule has 0 atom stereocenters. The van der Waals surface area contributed by atoms with Gasteiger partial charge in [0.25, 0.3) is 5.91 Å². The van der Waals surface area contributed by atoms with E-state index in [9.17, 15) is 4.79 Å². The number of carbonyl (C=O) groups is 1. The number of aromatic nitrogens is 1. The maximum absolute atomic E-state index is 12.1. The molecule has 0 radical (unpaired) electrons. The van der Waals surface area contributed by atoms with E-state index in [2.05, 4.69) is 37.6 Å². The molecule has 0 bridgehead atoms. The van der Waals surface area contributed by atoms with E-state index in [1.54, 1.807) is 0 Å². The fourth-order valence-electron chi connectivity index (χ4n) is 2.29. The maximum atomic E-state index is 12.1. The van der Waals surface area contributed by atoms with Crippen molar-refractivity contribution in [1.82, 2.24) is 9.88 Å². The van der Waals surface area contributed by atoms with E-state index >= 15 is 0 Å². The molecule has 3 heteroatoms. The topological polar surface area (TPSA) is 34.0 Å². The van der Waals surface area contributed by atoms with Gasteiger partial charge in [-0.3, -0.25) is 4.79 Å². The third-order valence-corrected chi connectivity index (χ3v) is 3.31. The summed E-state index contributed by atoms with van der Waals surface area (Å²) < 4.78 is 2.31. The number of carbonyl (C=O) groups excluding carboxylic acids is 1. The molecule has 94 valence electrons. The Labute approximate surface area is 103 Å². The standard InChI is InChI=1S/C14H22N2O/c1-9(2)8-15-14(17)13-7-10(3)16(11(13)4)12-5-6-12/h7,9,12H,5-6,8H2,1-4H3,(H,15,17). The van der Waals surface area contributed by atoms with Crippen molar-refractivity contribution in [3.05, 3.63) is 23.0 Å². The fourth-order valence-corrected chi connectivity index (χ4v) is 2.29. The van der Waals surface area contributed by atoms with Gasteiger partial charge in [-0.25, -0.2) is 0 Å². The van der Waals surface area contributed by atoms with Crippen molar-refractivity contribution in [2.75, 3.05) is 6.54 Å². The predicted octanol–water partition coefficient (Wildman–Crippen LogP) is 2.83. The SMILES string of the molecule is Cc1cc(C(=O)NCC(C)C)c(C)n1C1CC1. The Morgan fingerprint density at radius 1 is 1.47 bits per heavy atom. The molecule has 0 unspecified atom stereocenters. The summed E-state index contributed by atoms with van der Waals surface area (Å²) in [4.78, 5) is 12.1. The van der Waals surface area contributed by atoms with Crippen LogP contribution in [0.3, 0.4) is 0 Å². The van der Waals surface area contributed by atoms with E-state index in [4.69, 9.17) is 0 Å². The Morgan fingerprint density at radius 3 is 2.65 bits per heavy atom. The van der Waals surface area contributed by atoms with Gasteiger partial charge in [-0.2, -0.15) is 0 Å². The number of nitrogens with zero attached hydrogens (tertiary/aromatic N) is 1. The van der Waals surface area contributed by atoms with Crippen molar-refractivity contribution in [3.63, 3.8) is 0 Å². The zero-order valence-electron chi connectivity index (χ0n) is 11.2. The Balaban J connectivity index is 2.15. The molecule has 3 nitrogen and oxygen atoms in total. The number of aryl methyl sites for hydroxylation is 1. The second-order valence-electron chi connectivity index (χ2n) is 5.49. The van der Waals surface area contributed by atoms with Gasteiger partial charge in [-0.05, 0) is 38.7 Å².